The molecule has 0 saturated heterocycles. The molecule has 0 atom stereocenters. The SMILES string of the molecule is CONCc1ccc(Br)c2cccnc12. The molecule has 3 nitrogen and oxygen atoms in total. The molecule has 0 aliphatic heterocycles. The Kier molecular flexibility index (Phi) is 3.30. The quantitative estimate of drug-likeness (QED) is 0.868. The highest BCUT2D eigenvalue weighted by Crippen LogP contribution is 2.24. The third-order valence-electron chi connectivity index (χ3n) is 2.21. The van der Waals surface area contributed by atoms with Crippen molar-refractivity contribution in [2.75, 3.05) is 7.11 Å². The van der Waals surface area contributed by atoms with E-state index in [2.05, 4.69) is 26.4 Å². The lowest BCUT2D eigenvalue weighted by atomic mass is 10.1. The average Bonchev–Trinajstić information content (AvgIpc) is 2.29. The second-order valence-corrected chi connectivity index (χ2v) is 3.99. The number of nitrogens with one attached hydrogen (secondary N) is 1. The third kappa shape index (κ3) is 2.17. The first kappa shape index (κ1) is 10.5. The van der Waals surface area contributed by atoms with E-state index in [0.29, 0.717) is 6.54 Å². The average molecular weight is 267 g/mol. The molecule has 0 amide bonds. The molecule has 0 radical (unpaired) electrons. The zero-order valence-corrected chi connectivity index (χ0v) is 9.91. The van der Waals surface area contributed by atoms with E-state index in [-0.39, 0.29) is 0 Å². The Morgan fingerprint density at radius 3 is 3.07 bits per heavy atom. The molecular formula is C11H11BrN2O. The maximum atomic E-state index is 4.84. The first-order valence-corrected chi connectivity index (χ1v) is 5.40. The van der Waals surface area contributed by atoms with Gasteiger partial charge in [0, 0.05) is 22.6 Å². The summed E-state index contributed by atoms with van der Waals surface area (Å²) in [7, 11) is 1.61. The lowest BCUT2D eigenvalue weighted by Gasteiger charge is -2.07. The lowest BCUT2D eigenvalue weighted by Crippen LogP contribution is -2.11. The van der Waals surface area contributed by atoms with E-state index in [1.54, 1.807) is 13.3 Å². The Balaban J connectivity index is 2.51. The molecule has 2 rings (SSSR count). The second kappa shape index (κ2) is 4.70. The highest BCUT2D eigenvalue weighted by Gasteiger charge is 2.04. The molecule has 0 bridgehead atoms. The summed E-state index contributed by atoms with van der Waals surface area (Å²) in [5.41, 5.74) is 4.94. The van der Waals surface area contributed by atoms with Crippen LogP contribution in [0.5, 0.6) is 0 Å². The summed E-state index contributed by atoms with van der Waals surface area (Å²) in [6.45, 7) is 0.650. The maximum absolute atomic E-state index is 4.84. The molecule has 0 aliphatic rings. The molecule has 2 aromatic rings. The van der Waals surface area contributed by atoms with Gasteiger partial charge in [-0.2, -0.15) is 5.48 Å². The number of benzene rings is 1. The van der Waals surface area contributed by atoms with Gasteiger partial charge in [0.15, 0.2) is 0 Å². The number of hydroxylamine groups is 1. The topological polar surface area (TPSA) is 34.1 Å². The fourth-order valence-corrected chi connectivity index (χ4v) is 1.94. The molecular weight excluding hydrogens is 256 g/mol. The normalized spacial score (nSPS) is 10.8. The summed E-state index contributed by atoms with van der Waals surface area (Å²) < 4.78 is 1.06. The Morgan fingerprint density at radius 1 is 1.40 bits per heavy atom. The molecule has 4 heteroatoms. The Morgan fingerprint density at radius 2 is 2.27 bits per heavy atom. The lowest BCUT2D eigenvalue weighted by molar-refractivity contribution is 0.0870. The van der Waals surface area contributed by atoms with Crippen molar-refractivity contribution in [3.05, 3.63) is 40.5 Å². The van der Waals surface area contributed by atoms with Crippen LogP contribution < -0.4 is 5.48 Å². The predicted octanol–water partition coefficient (Wildman–Crippen LogP) is 2.65. The van der Waals surface area contributed by atoms with Crippen molar-refractivity contribution in [2.24, 2.45) is 0 Å². The molecule has 1 aromatic carbocycles. The Hall–Kier alpha value is -0.970. The number of fused-ring (bicyclic) bond motifs is 1. The van der Waals surface area contributed by atoms with Crippen LogP contribution in [-0.2, 0) is 11.4 Å². The molecule has 0 spiro atoms. The van der Waals surface area contributed by atoms with Crippen LogP contribution in [0.25, 0.3) is 10.9 Å². The molecule has 1 heterocycles. The molecule has 0 unspecified atom stereocenters. The summed E-state index contributed by atoms with van der Waals surface area (Å²) in [5, 5.41) is 1.12. The van der Waals surface area contributed by atoms with Crippen molar-refractivity contribution in [1.82, 2.24) is 10.5 Å². The van der Waals surface area contributed by atoms with E-state index in [9.17, 15) is 0 Å². The predicted molar refractivity (Wildman–Crippen MR) is 63.3 cm³/mol. The highest BCUT2D eigenvalue weighted by atomic mass is 79.9. The third-order valence-corrected chi connectivity index (χ3v) is 2.90. The van der Waals surface area contributed by atoms with Gasteiger partial charge in [-0.1, -0.05) is 28.1 Å². The van der Waals surface area contributed by atoms with Gasteiger partial charge in [-0.05, 0) is 17.7 Å². The van der Waals surface area contributed by atoms with Crippen molar-refractivity contribution in [3.8, 4) is 0 Å². The summed E-state index contributed by atoms with van der Waals surface area (Å²) >= 11 is 3.51. The summed E-state index contributed by atoms with van der Waals surface area (Å²) in [6.07, 6.45) is 1.80. The first-order chi connectivity index (χ1) is 7.33. The van der Waals surface area contributed by atoms with Gasteiger partial charge < -0.3 is 4.84 Å². The van der Waals surface area contributed by atoms with Crippen LogP contribution in [0.15, 0.2) is 34.9 Å². The van der Waals surface area contributed by atoms with Crippen LogP contribution in [0.4, 0.5) is 0 Å². The molecule has 0 saturated carbocycles. The molecule has 0 fully saturated rings. The van der Waals surface area contributed by atoms with Gasteiger partial charge in [-0.25, -0.2) is 0 Å². The number of aromatic nitrogens is 1. The fourth-order valence-electron chi connectivity index (χ4n) is 1.49. The standard InChI is InChI=1S/C11H11BrN2O/c1-15-14-7-8-4-5-10(12)9-3-2-6-13-11(8)9/h2-6,14H,7H2,1H3. The number of nitrogens with zero attached hydrogens (tertiary/aromatic N) is 1. The number of rotatable bonds is 3. The first-order valence-electron chi connectivity index (χ1n) is 4.61. The minimum absolute atomic E-state index is 0.650. The van der Waals surface area contributed by atoms with Crippen LogP contribution in [0.3, 0.4) is 0 Å². The van der Waals surface area contributed by atoms with E-state index >= 15 is 0 Å². The van der Waals surface area contributed by atoms with Gasteiger partial charge in [0.2, 0.25) is 0 Å². The van der Waals surface area contributed by atoms with Crippen molar-refractivity contribution in [1.29, 1.82) is 0 Å². The highest BCUT2D eigenvalue weighted by molar-refractivity contribution is 9.10. The van der Waals surface area contributed by atoms with Crippen molar-refractivity contribution >= 4 is 26.8 Å². The molecule has 1 N–H and O–H groups in total. The van der Waals surface area contributed by atoms with Gasteiger partial charge in [0.1, 0.15) is 0 Å². The second-order valence-electron chi connectivity index (χ2n) is 3.13. The zero-order valence-electron chi connectivity index (χ0n) is 8.33. The summed E-state index contributed by atoms with van der Waals surface area (Å²) in [6, 6.07) is 8.03. The molecule has 78 valence electrons. The van der Waals surface area contributed by atoms with Crippen molar-refractivity contribution in [2.45, 2.75) is 6.54 Å². The number of hydrogen-bond acceptors (Lipinski definition) is 3. The van der Waals surface area contributed by atoms with Crippen LogP contribution >= 0.6 is 15.9 Å². The summed E-state index contributed by atoms with van der Waals surface area (Å²) in [4.78, 5) is 9.20. The molecule has 15 heavy (non-hydrogen) atoms. The molecule has 1 aromatic heterocycles. The number of halogens is 1. The van der Waals surface area contributed by atoms with Crippen molar-refractivity contribution in [3.63, 3.8) is 0 Å². The smallest absolute Gasteiger partial charge is 0.0759 e. The largest absolute Gasteiger partial charge is 0.305 e. The van der Waals surface area contributed by atoms with Crippen LogP contribution in [0.1, 0.15) is 5.56 Å². The van der Waals surface area contributed by atoms with Gasteiger partial charge in [0.25, 0.3) is 0 Å². The van der Waals surface area contributed by atoms with Crippen LogP contribution in [-0.4, -0.2) is 12.1 Å². The van der Waals surface area contributed by atoms with Crippen LogP contribution in [0.2, 0.25) is 0 Å². The summed E-state index contributed by atoms with van der Waals surface area (Å²) in [5.74, 6) is 0. The van der Waals surface area contributed by atoms with E-state index in [1.807, 2.05) is 24.3 Å². The van der Waals surface area contributed by atoms with Gasteiger partial charge >= 0.3 is 0 Å². The number of pyridine rings is 1. The monoisotopic (exact) mass is 266 g/mol. The number of hydrogen-bond donors (Lipinski definition) is 1. The van der Waals surface area contributed by atoms with Crippen LogP contribution in [0, 0.1) is 0 Å². The maximum Gasteiger partial charge on any atom is 0.0759 e. The van der Waals surface area contributed by atoms with E-state index in [1.165, 1.54) is 0 Å². The minimum Gasteiger partial charge on any atom is -0.305 e. The van der Waals surface area contributed by atoms with Gasteiger partial charge in [-0.15, -0.1) is 0 Å². The van der Waals surface area contributed by atoms with E-state index in [4.69, 9.17) is 4.84 Å². The van der Waals surface area contributed by atoms with Crippen molar-refractivity contribution < 1.29 is 4.84 Å². The Bertz CT molecular complexity index is 473. The van der Waals surface area contributed by atoms with E-state index in [0.717, 1.165) is 20.9 Å². The van der Waals surface area contributed by atoms with Gasteiger partial charge in [0.05, 0.1) is 12.6 Å². The van der Waals surface area contributed by atoms with Gasteiger partial charge in [-0.3, -0.25) is 4.98 Å². The van der Waals surface area contributed by atoms with E-state index < -0.39 is 0 Å². The minimum atomic E-state index is 0.650. The fraction of sp³-hybridized carbons (Fsp3) is 0.182. The molecule has 0 aliphatic carbocycles. The zero-order chi connectivity index (χ0) is 10.7. The Labute approximate surface area is 96.5 Å².